The number of pyridine rings is 1. The van der Waals surface area contributed by atoms with Crippen molar-refractivity contribution >= 4 is 28.3 Å². The highest BCUT2D eigenvalue weighted by Gasteiger charge is 2.27. The van der Waals surface area contributed by atoms with Gasteiger partial charge in [0.1, 0.15) is 5.82 Å². The summed E-state index contributed by atoms with van der Waals surface area (Å²) in [6.07, 6.45) is 7.05. The van der Waals surface area contributed by atoms with Crippen LogP contribution in [0.3, 0.4) is 0 Å². The van der Waals surface area contributed by atoms with Crippen LogP contribution in [0.15, 0.2) is 36.7 Å². The van der Waals surface area contributed by atoms with Crippen molar-refractivity contribution in [3.8, 4) is 0 Å². The van der Waals surface area contributed by atoms with Crippen molar-refractivity contribution in [1.29, 1.82) is 0 Å². The molecule has 1 saturated heterocycles. The smallest absolute Gasteiger partial charge is 0.250 e. The van der Waals surface area contributed by atoms with Gasteiger partial charge in [-0.3, -0.25) is 19.4 Å². The molecule has 1 saturated carbocycles. The molecule has 3 aromatic rings. The van der Waals surface area contributed by atoms with Gasteiger partial charge in [0.15, 0.2) is 5.82 Å². The van der Waals surface area contributed by atoms with Crippen LogP contribution < -0.4 is 21.9 Å². The SMILES string of the molecule is NC(=O)c1ccc(N(NC2CCCCC2N)c2ccc3nn(CCN4CCOCC4)cc3c2F)nc1. The molecule has 1 aliphatic carbocycles. The predicted octanol–water partition coefficient (Wildman–Crippen LogP) is 1.91. The third kappa shape index (κ3) is 5.34. The number of carbonyl (C=O) groups excluding carboxylic acids is 1. The number of nitrogens with one attached hydrogen (secondary N) is 1. The molecule has 0 radical (unpaired) electrons. The third-order valence-electron chi connectivity index (χ3n) is 7.02. The summed E-state index contributed by atoms with van der Waals surface area (Å²) in [6, 6.07) is 6.65. The topological polar surface area (TPSA) is 128 Å². The Balaban J connectivity index is 1.44. The van der Waals surface area contributed by atoms with Gasteiger partial charge in [-0.15, -0.1) is 0 Å². The first-order valence-corrected chi connectivity index (χ1v) is 12.5. The molecule has 1 aliphatic heterocycles. The molecule has 2 fully saturated rings. The summed E-state index contributed by atoms with van der Waals surface area (Å²) >= 11 is 0. The lowest BCUT2D eigenvalue weighted by atomic mass is 9.91. The molecule has 5 rings (SSSR count). The van der Waals surface area contributed by atoms with E-state index in [1.165, 1.54) is 6.20 Å². The molecular formula is C25H33FN8O2. The fourth-order valence-corrected chi connectivity index (χ4v) is 4.86. The fourth-order valence-electron chi connectivity index (χ4n) is 4.86. The molecule has 2 aliphatic rings. The monoisotopic (exact) mass is 496 g/mol. The molecule has 2 atom stereocenters. The maximum absolute atomic E-state index is 16.0. The van der Waals surface area contributed by atoms with Gasteiger partial charge in [-0.25, -0.2) is 14.8 Å². The third-order valence-corrected chi connectivity index (χ3v) is 7.02. The van der Waals surface area contributed by atoms with Crippen LogP contribution in [-0.2, 0) is 11.3 Å². The van der Waals surface area contributed by atoms with E-state index in [2.05, 4.69) is 20.4 Å². The zero-order chi connectivity index (χ0) is 25.1. The fraction of sp³-hybridized carbons (Fsp3) is 0.480. The van der Waals surface area contributed by atoms with Crippen LogP contribution >= 0.6 is 0 Å². The summed E-state index contributed by atoms with van der Waals surface area (Å²) in [5.74, 6) is -0.529. The molecule has 2 unspecified atom stereocenters. The van der Waals surface area contributed by atoms with Crippen LogP contribution in [0.2, 0.25) is 0 Å². The van der Waals surface area contributed by atoms with Crippen molar-refractivity contribution in [3.05, 3.63) is 48.0 Å². The number of amides is 1. The highest BCUT2D eigenvalue weighted by atomic mass is 19.1. The van der Waals surface area contributed by atoms with Crippen LogP contribution in [0.4, 0.5) is 15.9 Å². The minimum Gasteiger partial charge on any atom is -0.379 e. The molecule has 5 N–H and O–H groups in total. The number of hydrogen-bond acceptors (Lipinski definition) is 8. The number of halogens is 1. The first-order chi connectivity index (χ1) is 17.5. The number of fused-ring (bicyclic) bond motifs is 1. The largest absolute Gasteiger partial charge is 0.379 e. The van der Waals surface area contributed by atoms with Crippen molar-refractivity contribution in [2.24, 2.45) is 11.5 Å². The maximum atomic E-state index is 16.0. The lowest BCUT2D eigenvalue weighted by Crippen LogP contribution is -2.53. The number of morpholine rings is 1. The number of nitrogens with zero attached hydrogens (tertiary/aromatic N) is 5. The van der Waals surface area contributed by atoms with Gasteiger partial charge in [-0.1, -0.05) is 12.8 Å². The number of ether oxygens (including phenoxy) is 1. The second-order valence-electron chi connectivity index (χ2n) is 9.47. The van der Waals surface area contributed by atoms with Gasteiger partial charge in [0, 0.05) is 44.1 Å². The molecule has 0 spiro atoms. The van der Waals surface area contributed by atoms with Gasteiger partial charge in [-0.2, -0.15) is 5.10 Å². The molecule has 3 heterocycles. The van der Waals surface area contributed by atoms with E-state index < -0.39 is 11.7 Å². The predicted molar refractivity (Wildman–Crippen MR) is 135 cm³/mol. The van der Waals surface area contributed by atoms with E-state index in [0.717, 1.165) is 58.5 Å². The van der Waals surface area contributed by atoms with Crippen molar-refractivity contribution in [2.45, 2.75) is 44.3 Å². The second kappa shape index (κ2) is 10.9. The Morgan fingerprint density at radius 1 is 1.17 bits per heavy atom. The van der Waals surface area contributed by atoms with Gasteiger partial charge >= 0.3 is 0 Å². The summed E-state index contributed by atoms with van der Waals surface area (Å²) in [4.78, 5) is 18.2. The normalized spacial score (nSPS) is 21.1. The number of primary amides is 1. The summed E-state index contributed by atoms with van der Waals surface area (Å²) in [5, 5.41) is 6.64. The minimum absolute atomic E-state index is 0.0392. The van der Waals surface area contributed by atoms with Crippen molar-refractivity contribution in [2.75, 3.05) is 37.9 Å². The maximum Gasteiger partial charge on any atom is 0.250 e. The zero-order valence-corrected chi connectivity index (χ0v) is 20.3. The number of hydrogen-bond donors (Lipinski definition) is 3. The molecular weight excluding hydrogens is 463 g/mol. The quantitative estimate of drug-likeness (QED) is 0.404. The van der Waals surface area contributed by atoms with E-state index in [1.807, 2.05) is 6.07 Å². The van der Waals surface area contributed by atoms with E-state index in [9.17, 15) is 4.79 Å². The molecule has 10 nitrogen and oxygen atoms in total. The number of rotatable bonds is 8. The Kier molecular flexibility index (Phi) is 7.42. The van der Waals surface area contributed by atoms with Crippen LogP contribution in [-0.4, -0.2) is 70.5 Å². The zero-order valence-electron chi connectivity index (χ0n) is 20.3. The van der Waals surface area contributed by atoms with Gasteiger partial charge in [0.2, 0.25) is 5.91 Å². The Labute approximate surface area is 209 Å². The summed E-state index contributed by atoms with van der Waals surface area (Å²) in [5.41, 5.74) is 16.4. The molecule has 2 aromatic heterocycles. The summed E-state index contributed by atoms with van der Waals surface area (Å²) in [6.45, 7) is 4.76. The van der Waals surface area contributed by atoms with Crippen LogP contribution in [0, 0.1) is 5.82 Å². The van der Waals surface area contributed by atoms with Crippen LogP contribution in [0.25, 0.3) is 10.9 Å². The Morgan fingerprint density at radius 3 is 2.69 bits per heavy atom. The van der Waals surface area contributed by atoms with Crippen molar-refractivity contribution in [3.63, 3.8) is 0 Å². The summed E-state index contributed by atoms with van der Waals surface area (Å²) < 4.78 is 23.2. The number of aromatic nitrogens is 3. The summed E-state index contributed by atoms with van der Waals surface area (Å²) in [7, 11) is 0. The van der Waals surface area contributed by atoms with Crippen LogP contribution in [0.5, 0.6) is 0 Å². The number of nitrogens with two attached hydrogens (primary N) is 2. The van der Waals surface area contributed by atoms with E-state index >= 15 is 4.39 Å². The van der Waals surface area contributed by atoms with Gasteiger partial charge in [-0.05, 0) is 37.1 Å². The van der Waals surface area contributed by atoms with Gasteiger partial charge in [0.25, 0.3) is 0 Å². The minimum atomic E-state index is -0.569. The van der Waals surface area contributed by atoms with E-state index in [1.54, 1.807) is 34.1 Å². The number of carbonyl (C=O) groups is 1. The average molecular weight is 497 g/mol. The number of benzene rings is 1. The molecule has 0 bridgehead atoms. The molecule has 192 valence electrons. The van der Waals surface area contributed by atoms with Gasteiger partial charge < -0.3 is 16.2 Å². The Hall–Kier alpha value is -3.12. The highest BCUT2D eigenvalue weighted by Crippen LogP contribution is 2.31. The first-order valence-electron chi connectivity index (χ1n) is 12.5. The van der Waals surface area contributed by atoms with Crippen LogP contribution in [0.1, 0.15) is 36.0 Å². The lowest BCUT2D eigenvalue weighted by molar-refractivity contribution is 0.0360. The number of anilines is 2. The molecule has 11 heteroatoms. The lowest BCUT2D eigenvalue weighted by Gasteiger charge is -2.35. The van der Waals surface area contributed by atoms with E-state index in [0.29, 0.717) is 29.0 Å². The Morgan fingerprint density at radius 2 is 1.97 bits per heavy atom. The van der Waals surface area contributed by atoms with Gasteiger partial charge in [0.05, 0.1) is 41.9 Å². The molecule has 1 amide bonds. The van der Waals surface area contributed by atoms with E-state index in [4.69, 9.17) is 16.2 Å². The first kappa shape index (κ1) is 24.6. The molecule has 36 heavy (non-hydrogen) atoms. The standard InChI is InChI=1S/C25H33FN8O2/c26-24-18-16-33(10-9-32-11-13-36-14-12-32)30-20(18)6-7-22(24)34(31-21-4-2-1-3-19(21)27)23-8-5-17(15-29-23)25(28)35/h5-8,15-16,19,21,31H,1-4,9-14,27H2,(H2,28,35). The highest BCUT2D eigenvalue weighted by molar-refractivity contribution is 5.92. The van der Waals surface area contributed by atoms with Crippen molar-refractivity contribution in [1.82, 2.24) is 25.1 Å². The molecule has 1 aromatic carbocycles. The van der Waals surface area contributed by atoms with Crippen molar-refractivity contribution < 1.29 is 13.9 Å². The second-order valence-corrected chi connectivity index (χ2v) is 9.47. The number of hydrazine groups is 1. The Bertz CT molecular complexity index is 1190. The average Bonchev–Trinajstić information content (AvgIpc) is 3.32. The van der Waals surface area contributed by atoms with E-state index in [-0.39, 0.29) is 17.6 Å².